The smallest absolute Gasteiger partial charge is 0.258 e. The van der Waals surface area contributed by atoms with E-state index in [4.69, 9.17) is 23.9 Å². The van der Waals surface area contributed by atoms with Crippen molar-refractivity contribution in [1.29, 1.82) is 0 Å². The van der Waals surface area contributed by atoms with Crippen LogP contribution in [0.2, 0.25) is 5.04 Å². The first-order valence-corrected chi connectivity index (χ1v) is 17.8. The van der Waals surface area contributed by atoms with Gasteiger partial charge in [0.2, 0.25) is 0 Å². The first kappa shape index (κ1) is 35.0. The zero-order valence-electron chi connectivity index (χ0n) is 26.6. The molecule has 2 atom stereocenters. The SMILES string of the molecule is C=CC(C)(CCCC(C)(C)[Si](O)(c1ccccc1)c1ccccc1)C(OCOC)c1ncc(Br)c(OCCCC)c1OC. The lowest BCUT2D eigenvalue weighted by Crippen LogP contribution is -2.65. The summed E-state index contributed by atoms with van der Waals surface area (Å²) < 4.78 is 24.4. The monoisotopic (exact) mass is 669 g/mol. The van der Waals surface area contributed by atoms with Gasteiger partial charge >= 0.3 is 0 Å². The summed E-state index contributed by atoms with van der Waals surface area (Å²) in [7, 11) is 0.107. The molecule has 0 aliphatic rings. The van der Waals surface area contributed by atoms with E-state index >= 15 is 0 Å². The Hall–Kier alpha value is -2.49. The van der Waals surface area contributed by atoms with Crippen LogP contribution in [0.5, 0.6) is 11.5 Å². The lowest BCUT2D eigenvalue weighted by Gasteiger charge is -2.42. The number of halogens is 1. The average molecular weight is 671 g/mol. The quantitative estimate of drug-likeness (QED) is 0.0651. The Morgan fingerprint density at radius 3 is 2.07 bits per heavy atom. The summed E-state index contributed by atoms with van der Waals surface area (Å²) in [4.78, 5) is 17.4. The van der Waals surface area contributed by atoms with Gasteiger partial charge in [0, 0.05) is 18.7 Å². The second-order valence-corrected chi connectivity index (χ2v) is 16.7. The first-order valence-electron chi connectivity index (χ1n) is 15.0. The lowest BCUT2D eigenvalue weighted by atomic mass is 9.77. The van der Waals surface area contributed by atoms with Crippen LogP contribution in [0.3, 0.4) is 0 Å². The number of nitrogens with zero attached hydrogens (tertiary/aromatic N) is 1. The van der Waals surface area contributed by atoms with Crippen LogP contribution in [-0.4, -0.2) is 45.7 Å². The third-order valence-corrected chi connectivity index (χ3v) is 13.6. The van der Waals surface area contributed by atoms with Crippen molar-refractivity contribution in [1.82, 2.24) is 4.98 Å². The van der Waals surface area contributed by atoms with Gasteiger partial charge in [-0.25, -0.2) is 0 Å². The maximum absolute atomic E-state index is 12.6. The minimum absolute atomic E-state index is 0.0845. The molecule has 6 nitrogen and oxygen atoms in total. The van der Waals surface area contributed by atoms with E-state index in [1.54, 1.807) is 20.4 Å². The van der Waals surface area contributed by atoms with Gasteiger partial charge in [0.25, 0.3) is 8.32 Å². The molecule has 1 aromatic heterocycles. The number of aromatic nitrogens is 1. The van der Waals surface area contributed by atoms with Crippen molar-refractivity contribution in [2.45, 2.75) is 70.9 Å². The fourth-order valence-corrected chi connectivity index (χ4v) is 9.94. The van der Waals surface area contributed by atoms with Gasteiger partial charge in [-0.3, -0.25) is 4.98 Å². The van der Waals surface area contributed by atoms with Gasteiger partial charge in [0.1, 0.15) is 18.6 Å². The van der Waals surface area contributed by atoms with E-state index in [1.807, 2.05) is 42.5 Å². The first-order chi connectivity index (χ1) is 20.6. The molecule has 8 heteroatoms. The molecule has 0 aliphatic carbocycles. The molecular formula is C35H48BrNO5Si. The topological polar surface area (TPSA) is 70.0 Å². The van der Waals surface area contributed by atoms with Crippen LogP contribution in [0.4, 0.5) is 0 Å². The molecule has 0 radical (unpaired) electrons. The highest BCUT2D eigenvalue weighted by Crippen LogP contribution is 2.49. The minimum atomic E-state index is -3.12. The number of unbranched alkanes of at least 4 members (excludes halogenated alkanes) is 1. The van der Waals surface area contributed by atoms with Crippen molar-refractivity contribution in [2.24, 2.45) is 5.41 Å². The van der Waals surface area contributed by atoms with Crippen LogP contribution >= 0.6 is 15.9 Å². The number of pyridine rings is 1. The molecule has 234 valence electrons. The molecule has 0 spiro atoms. The number of methoxy groups -OCH3 is 2. The predicted octanol–water partition coefficient (Wildman–Crippen LogP) is 7.59. The molecule has 0 amide bonds. The van der Waals surface area contributed by atoms with Crippen molar-refractivity contribution >= 4 is 34.6 Å². The highest BCUT2D eigenvalue weighted by molar-refractivity contribution is 9.10. The van der Waals surface area contributed by atoms with Crippen LogP contribution in [-0.2, 0) is 9.47 Å². The summed E-state index contributed by atoms with van der Waals surface area (Å²) in [6, 6.07) is 20.3. The molecule has 2 unspecified atom stereocenters. The summed E-state index contributed by atoms with van der Waals surface area (Å²) >= 11 is 3.59. The fraction of sp³-hybridized carbons (Fsp3) is 0.457. The van der Waals surface area contributed by atoms with E-state index in [-0.39, 0.29) is 11.8 Å². The van der Waals surface area contributed by atoms with Gasteiger partial charge in [-0.15, -0.1) is 6.58 Å². The van der Waals surface area contributed by atoms with E-state index in [0.717, 1.165) is 47.0 Å². The van der Waals surface area contributed by atoms with Crippen molar-refractivity contribution in [3.63, 3.8) is 0 Å². The van der Waals surface area contributed by atoms with E-state index in [1.165, 1.54) is 0 Å². The van der Waals surface area contributed by atoms with Gasteiger partial charge in [-0.1, -0.05) is 107 Å². The largest absolute Gasteiger partial charge is 0.491 e. The Morgan fingerprint density at radius 1 is 0.953 bits per heavy atom. The number of hydrogen-bond donors (Lipinski definition) is 1. The Kier molecular flexibility index (Phi) is 13.0. The Morgan fingerprint density at radius 2 is 1.56 bits per heavy atom. The Labute approximate surface area is 267 Å². The van der Waals surface area contributed by atoms with Crippen molar-refractivity contribution < 1.29 is 23.7 Å². The summed E-state index contributed by atoms with van der Waals surface area (Å²) in [5, 5.41) is 1.66. The van der Waals surface area contributed by atoms with Gasteiger partial charge in [0.05, 0.1) is 18.2 Å². The molecule has 0 fully saturated rings. The highest BCUT2D eigenvalue weighted by atomic mass is 79.9. The lowest BCUT2D eigenvalue weighted by molar-refractivity contribution is -0.111. The van der Waals surface area contributed by atoms with E-state index in [2.05, 4.69) is 74.5 Å². The molecule has 0 aliphatic heterocycles. The Bertz CT molecular complexity index is 1250. The van der Waals surface area contributed by atoms with Crippen LogP contribution < -0.4 is 19.8 Å². The molecule has 0 saturated carbocycles. The maximum Gasteiger partial charge on any atom is 0.258 e. The molecule has 0 saturated heterocycles. The second kappa shape index (κ2) is 16.0. The zero-order chi connectivity index (χ0) is 31.5. The van der Waals surface area contributed by atoms with Crippen LogP contribution in [0.15, 0.2) is 84.0 Å². The van der Waals surface area contributed by atoms with Gasteiger partial charge in [-0.05, 0) is 50.6 Å². The van der Waals surface area contributed by atoms with Gasteiger partial charge < -0.3 is 23.7 Å². The van der Waals surface area contributed by atoms with Crippen molar-refractivity contribution in [3.05, 3.63) is 89.7 Å². The van der Waals surface area contributed by atoms with Gasteiger partial charge in [-0.2, -0.15) is 0 Å². The summed E-state index contributed by atoms with van der Waals surface area (Å²) in [6.45, 7) is 13.5. The predicted molar refractivity (Wildman–Crippen MR) is 181 cm³/mol. The number of benzene rings is 2. The van der Waals surface area contributed by atoms with E-state index < -0.39 is 19.8 Å². The molecule has 3 aromatic rings. The molecule has 43 heavy (non-hydrogen) atoms. The van der Waals surface area contributed by atoms with Crippen LogP contribution in [0.1, 0.15) is 71.6 Å². The number of ether oxygens (including phenoxy) is 4. The minimum Gasteiger partial charge on any atom is -0.491 e. The summed E-state index contributed by atoms with van der Waals surface area (Å²) in [5.41, 5.74) is 0.109. The molecule has 1 N–H and O–H groups in total. The summed E-state index contributed by atoms with van der Waals surface area (Å²) in [6.07, 6.45) is 7.50. The standard InChI is InChI=1S/C35H48BrNO5Si/c1-8-10-24-41-31-29(36)25-37-30(32(31)40-7)33(42-26-39-6)35(5,9-2)23-17-22-34(3,4)43(38,27-18-13-11-14-19-27)28-20-15-12-16-21-28/h9,11-16,18-21,25,33,38H,2,8,10,17,22-24,26H2,1,3-7H3. The van der Waals surface area contributed by atoms with E-state index in [0.29, 0.717) is 23.8 Å². The third-order valence-electron chi connectivity index (χ3n) is 8.47. The molecule has 0 bridgehead atoms. The molecule has 1 heterocycles. The van der Waals surface area contributed by atoms with Crippen LogP contribution in [0, 0.1) is 5.41 Å². The van der Waals surface area contributed by atoms with Crippen molar-refractivity contribution in [3.8, 4) is 11.5 Å². The number of hydrogen-bond acceptors (Lipinski definition) is 6. The molecule has 3 rings (SSSR count). The van der Waals surface area contributed by atoms with E-state index in [9.17, 15) is 4.80 Å². The Balaban J connectivity index is 1.94. The summed E-state index contributed by atoms with van der Waals surface area (Å²) in [5.74, 6) is 1.15. The van der Waals surface area contributed by atoms with Crippen LogP contribution in [0.25, 0.3) is 0 Å². The fourth-order valence-electron chi connectivity index (χ4n) is 5.76. The average Bonchev–Trinajstić information content (AvgIpc) is 3.02. The number of rotatable bonds is 18. The second-order valence-electron chi connectivity index (χ2n) is 11.9. The highest BCUT2D eigenvalue weighted by Gasteiger charge is 2.50. The van der Waals surface area contributed by atoms with Crippen molar-refractivity contribution in [2.75, 3.05) is 27.6 Å². The third kappa shape index (κ3) is 7.97. The molecular weight excluding hydrogens is 622 g/mol. The van der Waals surface area contributed by atoms with Gasteiger partial charge in [0.15, 0.2) is 11.5 Å². The maximum atomic E-state index is 12.6. The normalized spacial score (nSPS) is 14.1. The zero-order valence-corrected chi connectivity index (χ0v) is 29.2. The molecule has 2 aromatic carbocycles.